The molecule has 2 N–H and O–H groups in total. The van der Waals surface area contributed by atoms with Crippen molar-refractivity contribution in [2.75, 3.05) is 6.61 Å². The fourth-order valence-corrected chi connectivity index (χ4v) is 2.19. The number of ether oxygens (including phenoxy) is 1. The molecule has 1 aromatic heterocycles. The Kier molecular flexibility index (Phi) is 4.42. The predicted octanol–water partition coefficient (Wildman–Crippen LogP) is 2.31. The number of carbonyl (C=O) groups excluding carboxylic acids is 1. The maximum atomic E-state index is 12.0. The van der Waals surface area contributed by atoms with E-state index in [1.54, 1.807) is 34.0 Å². The largest absolute Gasteiger partial charge is 0.444 e. The normalized spacial score (nSPS) is 14.6. The number of aromatic nitrogens is 2. The van der Waals surface area contributed by atoms with Gasteiger partial charge in [-0.05, 0) is 39.8 Å². The third kappa shape index (κ3) is 3.98. The van der Waals surface area contributed by atoms with Gasteiger partial charge in [-0.2, -0.15) is 0 Å². The topological polar surface area (TPSA) is 76.4 Å². The summed E-state index contributed by atoms with van der Waals surface area (Å²) in [5.74, 6) is 0. The zero-order valence-electron chi connectivity index (χ0n) is 13.5. The number of hydrogen-bond acceptors (Lipinski definition) is 4. The van der Waals surface area contributed by atoms with Crippen LogP contribution in [0.5, 0.6) is 0 Å². The summed E-state index contributed by atoms with van der Waals surface area (Å²) < 4.78 is 7.16. The second-order valence-corrected chi connectivity index (χ2v) is 6.71. The van der Waals surface area contributed by atoms with Crippen LogP contribution >= 0.6 is 0 Å². The van der Waals surface area contributed by atoms with E-state index < -0.39 is 17.2 Å². The standard InChI is InChI=1S/C16H23N3O3/c1-15(2,3)22-14(21)18-16(4,10-20)9-19-11-17-12-7-5-6-8-13(12)19/h5-8,11,20H,9-10H2,1-4H3,(H,18,21). The lowest BCUT2D eigenvalue weighted by molar-refractivity contribution is 0.0398. The molecule has 0 saturated carbocycles. The van der Waals surface area contributed by atoms with Crippen LogP contribution in [0.15, 0.2) is 30.6 Å². The van der Waals surface area contributed by atoms with E-state index in [9.17, 15) is 9.90 Å². The Balaban J connectivity index is 2.15. The smallest absolute Gasteiger partial charge is 0.408 e. The molecule has 6 nitrogen and oxygen atoms in total. The van der Waals surface area contributed by atoms with Gasteiger partial charge in [0.15, 0.2) is 0 Å². The molecule has 0 radical (unpaired) electrons. The number of amides is 1. The highest BCUT2D eigenvalue weighted by Gasteiger charge is 2.29. The SMILES string of the molecule is CC(CO)(Cn1cnc2ccccc21)NC(=O)OC(C)(C)C. The Morgan fingerprint density at radius 1 is 1.32 bits per heavy atom. The van der Waals surface area contributed by atoms with E-state index >= 15 is 0 Å². The molecule has 0 aliphatic carbocycles. The van der Waals surface area contributed by atoms with Crippen LogP contribution in [0.25, 0.3) is 11.0 Å². The first-order valence-corrected chi connectivity index (χ1v) is 7.24. The lowest BCUT2D eigenvalue weighted by atomic mass is 10.0. The molecule has 0 aliphatic heterocycles. The van der Waals surface area contributed by atoms with Gasteiger partial charge in [-0.25, -0.2) is 9.78 Å². The van der Waals surface area contributed by atoms with Crippen molar-refractivity contribution in [1.82, 2.24) is 14.9 Å². The van der Waals surface area contributed by atoms with Gasteiger partial charge in [0, 0.05) is 6.54 Å². The third-order valence-electron chi connectivity index (χ3n) is 3.20. The Labute approximate surface area is 130 Å². The average molecular weight is 305 g/mol. The van der Waals surface area contributed by atoms with Gasteiger partial charge < -0.3 is 19.7 Å². The molecule has 6 heteroatoms. The van der Waals surface area contributed by atoms with E-state index in [2.05, 4.69) is 10.3 Å². The van der Waals surface area contributed by atoms with Crippen molar-refractivity contribution in [2.45, 2.75) is 45.4 Å². The van der Waals surface area contributed by atoms with E-state index in [0.29, 0.717) is 6.54 Å². The van der Waals surface area contributed by atoms with Crippen LogP contribution in [0.2, 0.25) is 0 Å². The van der Waals surface area contributed by atoms with E-state index in [0.717, 1.165) is 11.0 Å². The van der Waals surface area contributed by atoms with Crippen LogP contribution in [0.4, 0.5) is 4.79 Å². The summed E-state index contributed by atoms with van der Waals surface area (Å²) in [6, 6.07) is 7.72. The number of rotatable bonds is 4. The van der Waals surface area contributed by atoms with Crippen molar-refractivity contribution < 1.29 is 14.6 Å². The molecule has 2 aromatic rings. The Bertz CT molecular complexity index is 660. The number of fused-ring (bicyclic) bond motifs is 1. The monoisotopic (exact) mass is 305 g/mol. The predicted molar refractivity (Wildman–Crippen MR) is 84.6 cm³/mol. The van der Waals surface area contributed by atoms with E-state index in [1.807, 2.05) is 28.8 Å². The number of hydrogen-bond donors (Lipinski definition) is 2. The van der Waals surface area contributed by atoms with Crippen LogP contribution in [-0.4, -0.2) is 38.5 Å². The van der Waals surface area contributed by atoms with E-state index in [4.69, 9.17) is 4.74 Å². The van der Waals surface area contributed by atoms with Gasteiger partial charge in [0.2, 0.25) is 0 Å². The van der Waals surface area contributed by atoms with Crippen LogP contribution in [0.3, 0.4) is 0 Å². The van der Waals surface area contributed by atoms with E-state index in [-0.39, 0.29) is 6.61 Å². The zero-order chi connectivity index (χ0) is 16.4. The van der Waals surface area contributed by atoms with Crippen molar-refractivity contribution in [1.29, 1.82) is 0 Å². The first kappa shape index (κ1) is 16.3. The molecule has 2 rings (SSSR count). The lowest BCUT2D eigenvalue weighted by Crippen LogP contribution is -2.53. The number of benzene rings is 1. The summed E-state index contributed by atoms with van der Waals surface area (Å²) in [5.41, 5.74) is 0.404. The molecule has 0 saturated heterocycles. The fourth-order valence-electron chi connectivity index (χ4n) is 2.19. The molecule has 1 unspecified atom stereocenters. The summed E-state index contributed by atoms with van der Waals surface area (Å²) >= 11 is 0. The van der Waals surface area contributed by atoms with Gasteiger partial charge >= 0.3 is 6.09 Å². The van der Waals surface area contributed by atoms with Gasteiger partial charge in [-0.3, -0.25) is 0 Å². The van der Waals surface area contributed by atoms with Gasteiger partial charge in [0.25, 0.3) is 0 Å². The number of para-hydroxylation sites is 2. The average Bonchev–Trinajstić information content (AvgIpc) is 2.80. The van der Waals surface area contributed by atoms with Crippen LogP contribution in [0, 0.1) is 0 Å². The van der Waals surface area contributed by atoms with Crippen molar-refractivity contribution >= 4 is 17.1 Å². The summed E-state index contributed by atoms with van der Waals surface area (Å²) in [6.07, 6.45) is 1.16. The Morgan fingerprint density at radius 2 is 2.00 bits per heavy atom. The molecular weight excluding hydrogens is 282 g/mol. The number of imidazole rings is 1. The molecule has 1 aromatic carbocycles. The van der Waals surface area contributed by atoms with Gasteiger partial charge in [-0.1, -0.05) is 12.1 Å². The highest BCUT2D eigenvalue weighted by atomic mass is 16.6. The highest BCUT2D eigenvalue weighted by Crippen LogP contribution is 2.16. The Morgan fingerprint density at radius 3 is 2.64 bits per heavy atom. The summed E-state index contributed by atoms with van der Waals surface area (Å²) in [7, 11) is 0. The van der Waals surface area contributed by atoms with Crippen molar-refractivity contribution in [2.24, 2.45) is 0 Å². The first-order chi connectivity index (χ1) is 10.2. The number of aliphatic hydroxyl groups is 1. The van der Waals surface area contributed by atoms with Crippen LogP contribution in [-0.2, 0) is 11.3 Å². The molecule has 22 heavy (non-hydrogen) atoms. The summed E-state index contributed by atoms with van der Waals surface area (Å²) in [6.45, 7) is 7.35. The molecule has 0 spiro atoms. The van der Waals surface area contributed by atoms with Gasteiger partial charge in [0.05, 0.1) is 29.5 Å². The van der Waals surface area contributed by atoms with Crippen molar-refractivity contribution in [3.63, 3.8) is 0 Å². The quantitative estimate of drug-likeness (QED) is 0.909. The van der Waals surface area contributed by atoms with Gasteiger partial charge in [0.1, 0.15) is 5.60 Å². The first-order valence-electron chi connectivity index (χ1n) is 7.24. The molecular formula is C16H23N3O3. The van der Waals surface area contributed by atoms with Crippen molar-refractivity contribution in [3.05, 3.63) is 30.6 Å². The molecule has 0 bridgehead atoms. The molecule has 120 valence electrons. The molecule has 1 atom stereocenters. The summed E-state index contributed by atoms with van der Waals surface area (Å²) in [4.78, 5) is 16.3. The second kappa shape index (κ2) is 5.96. The molecule has 1 amide bonds. The number of nitrogens with one attached hydrogen (secondary N) is 1. The number of carbonyl (C=O) groups is 1. The molecule has 0 fully saturated rings. The van der Waals surface area contributed by atoms with Crippen LogP contribution < -0.4 is 5.32 Å². The fraction of sp³-hybridized carbons (Fsp3) is 0.500. The highest BCUT2D eigenvalue weighted by molar-refractivity contribution is 5.75. The maximum Gasteiger partial charge on any atom is 0.408 e. The van der Waals surface area contributed by atoms with Crippen molar-refractivity contribution in [3.8, 4) is 0 Å². The Hall–Kier alpha value is -2.08. The number of nitrogens with zero attached hydrogens (tertiary/aromatic N) is 2. The third-order valence-corrected chi connectivity index (χ3v) is 3.20. The van der Waals surface area contributed by atoms with Crippen LogP contribution in [0.1, 0.15) is 27.7 Å². The minimum absolute atomic E-state index is 0.210. The summed E-state index contributed by atoms with van der Waals surface area (Å²) in [5, 5.41) is 12.4. The zero-order valence-corrected chi connectivity index (χ0v) is 13.5. The van der Waals surface area contributed by atoms with E-state index in [1.165, 1.54) is 0 Å². The minimum atomic E-state index is -0.841. The maximum absolute atomic E-state index is 12.0. The molecule has 1 heterocycles. The second-order valence-electron chi connectivity index (χ2n) is 6.71. The van der Waals surface area contributed by atoms with Gasteiger partial charge in [-0.15, -0.1) is 0 Å². The molecule has 0 aliphatic rings. The minimum Gasteiger partial charge on any atom is -0.444 e. The number of alkyl carbamates (subject to hydrolysis) is 1. The number of aliphatic hydroxyl groups excluding tert-OH is 1. The lowest BCUT2D eigenvalue weighted by Gasteiger charge is -2.30.